The molecule has 0 saturated heterocycles. The number of anilines is 1. The normalized spacial score (nSPS) is 11.4. The first-order valence-electron chi connectivity index (χ1n) is 5.23. The number of hydrogen-bond acceptors (Lipinski definition) is 2. The minimum absolute atomic E-state index is 0. The molecule has 1 atom stereocenters. The van der Waals surface area contributed by atoms with Gasteiger partial charge in [0.2, 0.25) is 0 Å². The topological polar surface area (TPSA) is 52.2 Å². The molecule has 1 N–H and O–H groups in total. The molecule has 2 rings (SSSR count). The quantitative estimate of drug-likeness (QED) is 0.682. The second-order valence-corrected chi connectivity index (χ2v) is 4.33. The Kier molecular flexibility index (Phi) is 6.60. The standard InChI is InChI=1S/C13H13NO2S.Na/c15-17(16)14-13-9-5-4-8-12(13)10-11-6-2-1-3-7-11;/h1-9,14H,10H2,(H,15,16);/p-1. The fourth-order valence-corrected chi connectivity index (χ4v) is 2.06. The van der Waals surface area contributed by atoms with E-state index in [0.29, 0.717) is 12.1 Å². The van der Waals surface area contributed by atoms with E-state index in [1.54, 1.807) is 6.07 Å². The van der Waals surface area contributed by atoms with Crippen LogP contribution < -0.4 is 4.72 Å². The second-order valence-electron chi connectivity index (χ2n) is 3.66. The van der Waals surface area contributed by atoms with Crippen LogP contribution in [-0.4, -0.2) is 38.3 Å². The Labute approximate surface area is 131 Å². The first-order chi connectivity index (χ1) is 8.25. The zero-order chi connectivity index (χ0) is 12.1. The van der Waals surface area contributed by atoms with Gasteiger partial charge in [-0.3, -0.25) is 4.21 Å². The molecule has 89 valence electrons. The average Bonchev–Trinajstić information content (AvgIpc) is 2.32. The first kappa shape index (κ1) is 15.4. The number of rotatable bonds is 4. The Morgan fingerprint density at radius 2 is 1.61 bits per heavy atom. The van der Waals surface area contributed by atoms with Gasteiger partial charge >= 0.3 is 0 Å². The van der Waals surface area contributed by atoms with Crippen LogP contribution in [0.15, 0.2) is 54.6 Å². The molecule has 2 aromatic carbocycles. The smallest absolute Gasteiger partial charge is 0.0487 e. The fraction of sp³-hybridized carbons (Fsp3) is 0.0769. The van der Waals surface area contributed by atoms with Gasteiger partial charge in [-0.15, -0.1) is 0 Å². The van der Waals surface area contributed by atoms with Gasteiger partial charge in [-0.25, -0.2) is 0 Å². The Morgan fingerprint density at radius 1 is 1.00 bits per heavy atom. The van der Waals surface area contributed by atoms with Crippen molar-refractivity contribution in [2.75, 3.05) is 4.72 Å². The molecular formula is C13H12NNaO2S-. The molecule has 0 spiro atoms. The summed E-state index contributed by atoms with van der Waals surface area (Å²) in [5, 5.41) is 0. The molecule has 0 aromatic heterocycles. The van der Waals surface area contributed by atoms with Crippen molar-refractivity contribution in [1.29, 1.82) is 0 Å². The third-order valence-corrected chi connectivity index (χ3v) is 2.83. The van der Waals surface area contributed by atoms with E-state index in [1.165, 1.54) is 0 Å². The van der Waals surface area contributed by atoms with Gasteiger partial charge in [0.15, 0.2) is 0 Å². The summed E-state index contributed by atoms with van der Waals surface area (Å²) in [7, 11) is 0. The molecule has 0 saturated carbocycles. The summed E-state index contributed by atoms with van der Waals surface area (Å²) in [6, 6.07) is 17.3. The Hall–Kier alpha value is -0.650. The van der Waals surface area contributed by atoms with Crippen LogP contribution in [0.1, 0.15) is 11.1 Å². The maximum absolute atomic E-state index is 10.7. The molecule has 5 heteroatoms. The van der Waals surface area contributed by atoms with Crippen molar-refractivity contribution in [2.24, 2.45) is 0 Å². The number of nitrogens with one attached hydrogen (secondary N) is 1. The molecule has 2 aromatic rings. The summed E-state index contributed by atoms with van der Waals surface area (Å²) in [6.07, 6.45) is 0.710. The van der Waals surface area contributed by atoms with Crippen molar-refractivity contribution in [1.82, 2.24) is 0 Å². The minimum atomic E-state index is -2.28. The zero-order valence-electron chi connectivity index (χ0n) is 10.1. The molecule has 0 aliphatic carbocycles. The van der Waals surface area contributed by atoms with Gasteiger partial charge in [0.25, 0.3) is 0 Å². The van der Waals surface area contributed by atoms with E-state index in [2.05, 4.69) is 4.72 Å². The predicted octanol–water partition coefficient (Wildman–Crippen LogP) is 2.10. The molecule has 0 bridgehead atoms. The van der Waals surface area contributed by atoms with Gasteiger partial charge in [0.1, 0.15) is 0 Å². The Bertz CT molecular complexity index is 519. The number of benzene rings is 2. The number of para-hydroxylation sites is 1. The van der Waals surface area contributed by atoms with Crippen LogP contribution >= 0.6 is 0 Å². The molecule has 0 fully saturated rings. The van der Waals surface area contributed by atoms with E-state index < -0.39 is 11.3 Å². The second kappa shape index (κ2) is 7.71. The summed E-state index contributed by atoms with van der Waals surface area (Å²) in [4.78, 5) is 0. The van der Waals surface area contributed by atoms with Crippen molar-refractivity contribution in [2.45, 2.75) is 6.42 Å². The summed E-state index contributed by atoms with van der Waals surface area (Å²) in [6.45, 7) is 0. The third-order valence-electron chi connectivity index (χ3n) is 2.45. The van der Waals surface area contributed by atoms with Crippen LogP contribution in [0.25, 0.3) is 0 Å². The van der Waals surface area contributed by atoms with Crippen molar-refractivity contribution in [3.8, 4) is 0 Å². The van der Waals surface area contributed by atoms with E-state index in [0.717, 1.165) is 11.1 Å². The molecule has 3 nitrogen and oxygen atoms in total. The van der Waals surface area contributed by atoms with Gasteiger partial charge < -0.3 is 9.27 Å². The SMILES string of the molecule is O=S([O-])Nc1ccccc1Cc1ccccc1.[Na]. The molecule has 0 amide bonds. The van der Waals surface area contributed by atoms with E-state index in [1.807, 2.05) is 48.5 Å². The maximum atomic E-state index is 10.7. The number of hydrogen-bond donors (Lipinski definition) is 1. The molecule has 18 heavy (non-hydrogen) atoms. The molecule has 0 aliphatic heterocycles. The van der Waals surface area contributed by atoms with Crippen molar-refractivity contribution >= 4 is 46.5 Å². The van der Waals surface area contributed by atoms with Crippen molar-refractivity contribution in [3.05, 3.63) is 65.7 Å². The van der Waals surface area contributed by atoms with Crippen molar-refractivity contribution < 1.29 is 8.76 Å². The van der Waals surface area contributed by atoms with Crippen LogP contribution in [0.2, 0.25) is 0 Å². The van der Waals surface area contributed by atoms with Crippen LogP contribution in [0.4, 0.5) is 5.69 Å². The van der Waals surface area contributed by atoms with Crippen LogP contribution in [0, 0.1) is 0 Å². The van der Waals surface area contributed by atoms with Crippen molar-refractivity contribution in [3.63, 3.8) is 0 Å². The molecule has 0 heterocycles. The molecule has 1 unspecified atom stereocenters. The van der Waals surface area contributed by atoms with Crippen LogP contribution in [-0.2, 0) is 17.7 Å². The maximum Gasteiger partial charge on any atom is 0.0487 e. The van der Waals surface area contributed by atoms with Crippen LogP contribution in [0.3, 0.4) is 0 Å². The predicted molar refractivity (Wildman–Crippen MR) is 74.0 cm³/mol. The summed E-state index contributed by atoms with van der Waals surface area (Å²) >= 11 is -2.28. The van der Waals surface area contributed by atoms with E-state index in [4.69, 9.17) is 0 Å². The minimum Gasteiger partial charge on any atom is -0.755 e. The summed E-state index contributed by atoms with van der Waals surface area (Å²) in [5.41, 5.74) is 2.74. The van der Waals surface area contributed by atoms with Gasteiger partial charge in [-0.05, 0) is 23.6 Å². The molecule has 0 aliphatic rings. The van der Waals surface area contributed by atoms with Gasteiger partial charge in [0, 0.05) is 46.5 Å². The summed E-state index contributed by atoms with van der Waals surface area (Å²) in [5.74, 6) is 0. The van der Waals surface area contributed by atoms with E-state index in [9.17, 15) is 8.76 Å². The largest absolute Gasteiger partial charge is 0.755 e. The zero-order valence-corrected chi connectivity index (χ0v) is 12.9. The van der Waals surface area contributed by atoms with Gasteiger partial charge in [-0.1, -0.05) is 48.5 Å². The monoisotopic (exact) mass is 269 g/mol. The van der Waals surface area contributed by atoms with E-state index in [-0.39, 0.29) is 29.6 Å². The van der Waals surface area contributed by atoms with E-state index >= 15 is 0 Å². The van der Waals surface area contributed by atoms with Gasteiger partial charge in [0.05, 0.1) is 0 Å². The third kappa shape index (κ3) is 4.55. The Morgan fingerprint density at radius 3 is 2.28 bits per heavy atom. The molecular weight excluding hydrogens is 257 g/mol. The Balaban J connectivity index is 0.00000162. The van der Waals surface area contributed by atoms with Gasteiger partial charge in [-0.2, -0.15) is 0 Å². The first-order valence-corrected chi connectivity index (χ1v) is 6.31. The molecule has 1 radical (unpaired) electrons. The van der Waals surface area contributed by atoms with Crippen LogP contribution in [0.5, 0.6) is 0 Å². The summed E-state index contributed by atoms with van der Waals surface area (Å²) < 4.78 is 23.7. The fourth-order valence-electron chi connectivity index (χ4n) is 1.68. The average molecular weight is 269 g/mol.